The van der Waals surface area contributed by atoms with E-state index in [4.69, 9.17) is 0 Å². The molecular formula is C13H16N2O. The van der Waals surface area contributed by atoms with Gasteiger partial charge in [0.2, 0.25) is 0 Å². The molecule has 2 N–H and O–H groups in total. The fourth-order valence-corrected chi connectivity index (χ4v) is 2.85. The minimum absolute atomic E-state index is 0.230. The molecule has 0 amide bonds. The molecule has 0 radical (unpaired) electrons. The van der Waals surface area contributed by atoms with Crippen LogP contribution in [0.1, 0.15) is 24.8 Å². The van der Waals surface area contributed by atoms with E-state index in [9.17, 15) is 5.11 Å². The Hall–Kier alpha value is -1.35. The second kappa shape index (κ2) is 3.91. The highest BCUT2D eigenvalue weighted by Gasteiger charge is 2.37. The lowest BCUT2D eigenvalue weighted by Crippen LogP contribution is -2.21. The number of nitrogens with zero attached hydrogens (tertiary/aromatic N) is 1. The Balaban J connectivity index is 1.70. The van der Waals surface area contributed by atoms with E-state index in [1.807, 2.05) is 0 Å². The first-order valence-electron chi connectivity index (χ1n) is 5.89. The average molecular weight is 216 g/mol. The van der Waals surface area contributed by atoms with Crippen molar-refractivity contribution in [2.45, 2.75) is 31.3 Å². The van der Waals surface area contributed by atoms with E-state index in [1.165, 1.54) is 25.5 Å². The van der Waals surface area contributed by atoms with Crippen molar-refractivity contribution < 1.29 is 5.11 Å². The Labute approximate surface area is 95.2 Å². The number of fused-ring (bicyclic) bond motifs is 2. The van der Waals surface area contributed by atoms with Gasteiger partial charge in [-0.2, -0.15) is 0 Å². The van der Waals surface area contributed by atoms with Crippen LogP contribution in [-0.4, -0.2) is 22.2 Å². The summed E-state index contributed by atoms with van der Waals surface area (Å²) in [5.74, 6) is 0.884. The molecule has 0 aliphatic carbocycles. The highest BCUT2D eigenvalue weighted by atomic mass is 16.3. The summed E-state index contributed by atoms with van der Waals surface area (Å²) >= 11 is 0. The topological polar surface area (TPSA) is 45.2 Å². The quantitative estimate of drug-likeness (QED) is 0.794. The number of hydrogen-bond acceptors (Lipinski definition) is 3. The molecule has 2 saturated heterocycles. The molecule has 3 unspecified atom stereocenters. The van der Waals surface area contributed by atoms with Gasteiger partial charge in [0, 0.05) is 18.3 Å². The fourth-order valence-electron chi connectivity index (χ4n) is 2.85. The van der Waals surface area contributed by atoms with Gasteiger partial charge in [0.15, 0.2) is 0 Å². The van der Waals surface area contributed by atoms with Gasteiger partial charge in [0.25, 0.3) is 0 Å². The maximum absolute atomic E-state index is 9.30. The monoisotopic (exact) mass is 216 g/mol. The smallest absolute Gasteiger partial charge is 0.134 e. The van der Waals surface area contributed by atoms with Gasteiger partial charge >= 0.3 is 0 Å². The van der Waals surface area contributed by atoms with Gasteiger partial charge in [-0.25, -0.2) is 0 Å². The third-order valence-corrected chi connectivity index (χ3v) is 3.63. The van der Waals surface area contributed by atoms with Crippen LogP contribution in [0.25, 0.3) is 6.08 Å². The van der Waals surface area contributed by atoms with Crippen LogP contribution < -0.4 is 5.32 Å². The Kier molecular flexibility index (Phi) is 2.40. The van der Waals surface area contributed by atoms with E-state index in [2.05, 4.69) is 22.5 Å². The SMILES string of the molecule is Oc1cncc(/C=C\C2CC3CCC2N3)c1. The standard InChI is InChI=1S/C13H16N2O/c16-12-5-9(7-14-8-12)1-2-10-6-11-3-4-13(10)15-11/h1-2,5,7-8,10-11,13,15-16H,3-4,6H2/b2-1-. The van der Waals surface area contributed by atoms with Gasteiger partial charge in [-0.15, -0.1) is 0 Å². The predicted octanol–water partition coefficient (Wildman–Crippen LogP) is 1.94. The van der Waals surface area contributed by atoms with E-state index < -0.39 is 0 Å². The van der Waals surface area contributed by atoms with Crippen LogP contribution in [0, 0.1) is 5.92 Å². The lowest BCUT2D eigenvalue weighted by atomic mass is 9.89. The first kappa shape index (κ1) is 9.85. The first-order chi connectivity index (χ1) is 7.81. The highest BCUT2D eigenvalue weighted by Crippen LogP contribution is 2.34. The number of nitrogens with one attached hydrogen (secondary N) is 1. The zero-order chi connectivity index (χ0) is 11.0. The Morgan fingerprint density at radius 2 is 2.31 bits per heavy atom. The minimum Gasteiger partial charge on any atom is -0.506 e. The first-order valence-corrected chi connectivity index (χ1v) is 5.89. The van der Waals surface area contributed by atoms with Crippen molar-refractivity contribution in [1.29, 1.82) is 0 Å². The average Bonchev–Trinajstić information content (AvgIpc) is 2.88. The number of hydrogen-bond donors (Lipinski definition) is 2. The van der Waals surface area contributed by atoms with Gasteiger partial charge < -0.3 is 10.4 Å². The van der Waals surface area contributed by atoms with E-state index in [-0.39, 0.29) is 5.75 Å². The third-order valence-electron chi connectivity index (χ3n) is 3.63. The molecule has 0 spiro atoms. The summed E-state index contributed by atoms with van der Waals surface area (Å²) in [6.45, 7) is 0. The summed E-state index contributed by atoms with van der Waals surface area (Å²) < 4.78 is 0. The molecule has 3 rings (SSSR count). The minimum atomic E-state index is 0.230. The van der Waals surface area contributed by atoms with Gasteiger partial charge in [0.1, 0.15) is 5.75 Å². The molecule has 2 aliphatic heterocycles. The molecule has 0 saturated carbocycles. The molecular weight excluding hydrogens is 200 g/mol. The molecule has 3 heterocycles. The molecule has 3 nitrogen and oxygen atoms in total. The molecule has 3 atom stereocenters. The van der Waals surface area contributed by atoms with Gasteiger partial charge in [-0.1, -0.05) is 12.2 Å². The van der Waals surface area contributed by atoms with Crippen molar-refractivity contribution in [2.75, 3.05) is 0 Å². The second-order valence-corrected chi connectivity index (χ2v) is 4.78. The second-order valence-electron chi connectivity index (χ2n) is 4.78. The summed E-state index contributed by atoms with van der Waals surface area (Å²) in [5, 5.41) is 12.9. The summed E-state index contributed by atoms with van der Waals surface area (Å²) in [6.07, 6.45) is 11.5. The Morgan fingerprint density at radius 3 is 3.00 bits per heavy atom. The van der Waals surface area contributed by atoms with Crippen LogP contribution in [0.2, 0.25) is 0 Å². The molecule has 2 aliphatic rings. The Morgan fingerprint density at radius 1 is 1.38 bits per heavy atom. The van der Waals surface area contributed by atoms with Crippen LogP contribution >= 0.6 is 0 Å². The van der Waals surface area contributed by atoms with Crippen molar-refractivity contribution >= 4 is 6.08 Å². The summed E-state index contributed by atoms with van der Waals surface area (Å²) in [7, 11) is 0. The van der Waals surface area contributed by atoms with E-state index >= 15 is 0 Å². The summed E-state index contributed by atoms with van der Waals surface area (Å²) in [6, 6.07) is 3.15. The largest absolute Gasteiger partial charge is 0.506 e. The lowest BCUT2D eigenvalue weighted by molar-refractivity contribution is 0.472. The fraction of sp³-hybridized carbons (Fsp3) is 0.462. The Bertz CT molecular complexity index is 416. The molecule has 84 valence electrons. The van der Waals surface area contributed by atoms with Crippen molar-refractivity contribution in [1.82, 2.24) is 10.3 Å². The van der Waals surface area contributed by atoms with Crippen LogP contribution in [0.4, 0.5) is 0 Å². The van der Waals surface area contributed by atoms with Crippen LogP contribution in [0.5, 0.6) is 5.75 Å². The molecule has 0 aromatic carbocycles. The van der Waals surface area contributed by atoms with E-state index in [0.29, 0.717) is 12.0 Å². The summed E-state index contributed by atoms with van der Waals surface area (Å²) in [4.78, 5) is 3.96. The number of rotatable bonds is 2. The van der Waals surface area contributed by atoms with Crippen LogP contribution in [-0.2, 0) is 0 Å². The number of aromatic hydroxyl groups is 1. The maximum atomic E-state index is 9.30. The van der Waals surface area contributed by atoms with E-state index in [0.717, 1.165) is 11.6 Å². The van der Waals surface area contributed by atoms with Crippen molar-refractivity contribution in [3.63, 3.8) is 0 Å². The van der Waals surface area contributed by atoms with Crippen molar-refractivity contribution in [3.8, 4) is 5.75 Å². The van der Waals surface area contributed by atoms with Crippen LogP contribution in [0.3, 0.4) is 0 Å². The lowest BCUT2D eigenvalue weighted by Gasteiger charge is -2.15. The molecule has 1 aromatic heterocycles. The third kappa shape index (κ3) is 1.83. The zero-order valence-corrected chi connectivity index (χ0v) is 9.13. The van der Waals surface area contributed by atoms with Crippen molar-refractivity contribution in [3.05, 3.63) is 30.1 Å². The zero-order valence-electron chi connectivity index (χ0n) is 9.13. The van der Waals surface area contributed by atoms with Gasteiger partial charge in [-0.3, -0.25) is 4.98 Å². The number of aromatic nitrogens is 1. The number of pyridine rings is 1. The predicted molar refractivity (Wildman–Crippen MR) is 63.0 cm³/mol. The van der Waals surface area contributed by atoms with Gasteiger partial charge in [0.05, 0.1) is 6.20 Å². The summed E-state index contributed by atoms with van der Waals surface area (Å²) in [5.41, 5.74) is 0.975. The normalized spacial score (nSPS) is 32.6. The molecule has 3 heteroatoms. The highest BCUT2D eigenvalue weighted by molar-refractivity contribution is 5.50. The molecule has 2 bridgehead atoms. The molecule has 16 heavy (non-hydrogen) atoms. The van der Waals surface area contributed by atoms with E-state index in [1.54, 1.807) is 12.3 Å². The molecule has 2 fully saturated rings. The maximum Gasteiger partial charge on any atom is 0.134 e. The van der Waals surface area contributed by atoms with Crippen molar-refractivity contribution in [2.24, 2.45) is 5.92 Å². The van der Waals surface area contributed by atoms with Gasteiger partial charge in [-0.05, 0) is 36.8 Å². The molecule has 1 aromatic rings. The van der Waals surface area contributed by atoms with Crippen LogP contribution in [0.15, 0.2) is 24.5 Å².